The maximum absolute atomic E-state index is 11.3. The summed E-state index contributed by atoms with van der Waals surface area (Å²) in [6.45, 7) is 0. The Morgan fingerprint density at radius 3 is 3.15 bits per heavy atom. The summed E-state index contributed by atoms with van der Waals surface area (Å²) >= 11 is 1.61. The molecule has 0 bridgehead atoms. The minimum Gasteiger partial charge on any atom is -0.289 e. The van der Waals surface area contributed by atoms with Crippen molar-refractivity contribution in [3.8, 4) is 0 Å². The van der Waals surface area contributed by atoms with Crippen molar-refractivity contribution in [3.63, 3.8) is 0 Å². The zero-order valence-corrected chi connectivity index (χ0v) is 7.47. The lowest BCUT2D eigenvalue weighted by molar-refractivity contribution is 0.105. The number of hydrogen-bond donors (Lipinski definition) is 0. The first-order chi connectivity index (χ1) is 6.34. The second-order valence-electron chi connectivity index (χ2n) is 2.92. The van der Waals surface area contributed by atoms with E-state index in [0.29, 0.717) is 0 Å². The molecule has 0 aromatic carbocycles. The van der Waals surface area contributed by atoms with Gasteiger partial charge in [-0.2, -0.15) is 0 Å². The normalized spacial score (nSPS) is 14.0. The first kappa shape index (κ1) is 6.97. The van der Waals surface area contributed by atoms with E-state index in [-0.39, 0.29) is 5.78 Å². The Kier molecular flexibility index (Phi) is 1.21. The highest BCUT2D eigenvalue weighted by atomic mass is 32.1. The van der Waals surface area contributed by atoms with Crippen molar-refractivity contribution in [3.05, 3.63) is 34.8 Å². The smallest absolute Gasteiger partial charge is 0.188 e. The van der Waals surface area contributed by atoms with E-state index < -0.39 is 0 Å². The predicted octanol–water partition coefficient (Wildman–Crippen LogP) is 2.51. The molecule has 2 nitrogen and oxygen atoms in total. The van der Waals surface area contributed by atoms with Gasteiger partial charge in [0.15, 0.2) is 5.78 Å². The number of carbonyl (C=O) groups excluding carboxylic acids is 1. The van der Waals surface area contributed by atoms with Crippen LogP contribution in [0.5, 0.6) is 0 Å². The van der Waals surface area contributed by atoms with Gasteiger partial charge in [-0.05, 0) is 29.7 Å². The van der Waals surface area contributed by atoms with E-state index in [1.165, 1.54) is 0 Å². The number of aromatic nitrogens is 1. The molecule has 62 valence electrons. The number of ketones is 1. The van der Waals surface area contributed by atoms with Crippen molar-refractivity contribution in [2.75, 3.05) is 0 Å². The lowest BCUT2D eigenvalue weighted by Crippen LogP contribution is -1.92. The van der Waals surface area contributed by atoms with Crippen molar-refractivity contribution in [2.24, 2.45) is 0 Å². The van der Waals surface area contributed by atoms with E-state index in [0.717, 1.165) is 21.5 Å². The van der Waals surface area contributed by atoms with Crippen LogP contribution in [0.1, 0.15) is 16.1 Å². The molecule has 0 N–H and O–H groups in total. The van der Waals surface area contributed by atoms with Crippen molar-refractivity contribution in [2.45, 2.75) is 0 Å². The standard InChI is InChI=1S/C10H5NOS/c12-9-2-1-7-6(9)5-10-8(11-7)3-4-13-10/h1-5H. The molecule has 3 rings (SSSR count). The minimum atomic E-state index is 0.0674. The van der Waals surface area contributed by atoms with Gasteiger partial charge in [-0.3, -0.25) is 4.79 Å². The number of carbonyl (C=O) groups is 1. The second-order valence-corrected chi connectivity index (χ2v) is 3.87. The van der Waals surface area contributed by atoms with Gasteiger partial charge in [0.05, 0.1) is 15.9 Å². The summed E-state index contributed by atoms with van der Waals surface area (Å²) < 4.78 is 1.08. The molecule has 0 spiro atoms. The molecular weight excluding hydrogens is 182 g/mol. The van der Waals surface area contributed by atoms with Gasteiger partial charge < -0.3 is 0 Å². The molecule has 0 fully saturated rings. The SMILES string of the molecule is O=C1C=Cc2nc3ccsc3cc21. The average molecular weight is 187 g/mol. The van der Waals surface area contributed by atoms with Crippen LogP contribution in [0.15, 0.2) is 23.6 Å². The summed E-state index contributed by atoms with van der Waals surface area (Å²) in [4.78, 5) is 15.7. The van der Waals surface area contributed by atoms with Gasteiger partial charge in [0.25, 0.3) is 0 Å². The Labute approximate surface area is 78.5 Å². The highest BCUT2D eigenvalue weighted by Crippen LogP contribution is 2.25. The average Bonchev–Trinajstić information content (AvgIpc) is 2.70. The Morgan fingerprint density at radius 1 is 1.31 bits per heavy atom. The fourth-order valence-corrected chi connectivity index (χ4v) is 2.24. The summed E-state index contributed by atoms with van der Waals surface area (Å²) in [7, 11) is 0. The summed E-state index contributed by atoms with van der Waals surface area (Å²) in [5.41, 5.74) is 2.51. The number of thiophene rings is 1. The van der Waals surface area contributed by atoms with Gasteiger partial charge in [-0.15, -0.1) is 11.3 Å². The number of allylic oxidation sites excluding steroid dienone is 1. The van der Waals surface area contributed by atoms with E-state index in [1.807, 2.05) is 17.5 Å². The molecule has 2 heterocycles. The van der Waals surface area contributed by atoms with Crippen molar-refractivity contribution in [1.82, 2.24) is 4.98 Å². The number of fused-ring (bicyclic) bond motifs is 2. The highest BCUT2D eigenvalue weighted by molar-refractivity contribution is 7.17. The van der Waals surface area contributed by atoms with Gasteiger partial charge in [-0.25, -0.2) is 4.98 Å². The van der Waals surface area contributed by atoms with Crippen LogP contribution in [0.2, 0.25) is 0 Å². The molecule has 2 aromatic rings. The van der Waals surface area contributed by atoms with Gasteiger partial charge in [0.1, 0.15) is 0 Å². The maximum atomic E-state index is 11.3. The molecule has 0 unspecified atom stereocenters. The third-order valence-electron chi connectivity index (χ3n) is 2.12. The molecule has 1 aliphatic carbocycles. The van der Waals surface area contributed by atoms with E-state index in [9.17, 15) is 4.79 Å². The lowest BCUT2D eigenvalue weighted by Gasteiger charge is -1.95. The van der Waals surface area contributed by atoms with Crippen LogP contribution in [-0.4, -0.2) is 10.8 Å². The Hall–Kier alpha value is -1.48. The zero-order valence-electron chi connectivity index (χ0n) is 6.65. The predicted molar refractivity (Wildman–Crippen MR) is 53.0 cm³/mol. The first-order valence-electron chi connectivity index (χ1n) is 3.95. The monoisotopic (exact) mass is 187 g/mol. The Balaban J connectivity index is 2.44. The molecule has 0 saturated heterocycles. The van der Waals surface area contributed by atoms with Crippen molar-refractivity contribution in [1.29, 1.82) is 0 Å². The van der Waals surface area contributed by atoms with Crippen LogP contribution in [0, 0.1) is 0 Å². The van der Waals surface area contributed by atoms with Crippen LogP contribution < -0.4 is 0 Å². The fourth-order valence-electron chi connectivity index (χ4n) is 1.48. The van der Waals surface area contributed by atoms with Crippen LogP contribution in [-0.2, 0) is 0 Å². The van der Waals surface area contributed by atoms with Crippen molar-refractivity contribution >= 4 is 33.4 Å². The quantitative estimate of drug-likeness (QED) is 0.634. The van der Waals surface area contributed by atoms with Crippen LogP contribution in [0.4, 0.5) is 0 Å². The second kappa shape index (κ2) is 2.26. The van der Waals surface area contributed by atoms with Gasteiger partial charge in [0.2, 0.25) is 0 Å². The first-order valence-corrected chi connectivity index (χ1v) is 4.83. The minimum absolute atomic E-state index is 0.0674. The number of hydrogen-bond acceptors (Lipinski definition) is 3. The molecule has 0 saturated carbocycles. The Bertz CT molecular complexity index is 539. The van der Waals surface area contributed by atoms with Crippen molar-refractivity contribution < 1.29 is 4.79 Å². The van der Waals surface area contributed by atoms with Crippen LogP contribution >= 0.6 is 11.3 Å². The van der Waals surface area contributed by atoms with Crippen LogP contribution in [0.3, 0.4) is 0 Å². The molecular formula is C10H5NOS. The molecule has 0 radical (unpaired) electrons. The van der Waals surface area contributed by atoms with Crippen LogP contribution in [0.25, 0.3) is 16.3 Å². The third kappa shape index (κ3) is 0.876. The third-order valence-corrected chi connectivity index (χ3v) is 2.98. The molecule has 2 aromatic heterocycles. The topological polar surface area (TPSA) is 30.0 Å². The summed E-state index contributed by atoms with van der Waals surface area (Å²) in [5.74, 6) is 0.0674. The van der Waals surface area contributed by atoms with E-state index in [2.05, 4.69) is 4.98 Å². The number of rotatable bonds is 0. The van der Waals surface area contributed by atoms with Gasteiger partial charge >= 0.3 is 0 Å². The summed E-state index contributed by atoms with van der Waals surface area (Å²) in [5, 5.41) is 1.99. The van der Waals surface area contributed by atoms with E-state index in [1.54, 1.807) is 23.5 Å². The molecule has 13 heavy (non-hydrogen) atoms. The van der Waals surface area contributed by atoms with E-state index in [4.69, 9.17) is 0 Å². The lowest BCUT2D eigenvalue weighted by atomic mass is 10.2. The Morgan fingerprint density at radius 2 is 2.23 bits per heavy atom. The summed E-state index contributed by atoms with van der Waals surface area (Å²) in [6.07, 6.45) is 3.34. The van der Waals surface area contributed by atoms with Gasteiger partial charge in [0, 0.05) is 5.56 Å². The number of pyridine rings is 1. The molecule has 0 aliphatic heterocycles. The fraction of sp³-hybridized carbons (Fsp3) is 0. The summed E-state index contributed by atoms with van der Waals surface area (Å²) in [6, 6.07) is 3.89. The van der Waals surface area contributed by atoms with E-state index >= 15 is 0 Å². The zero-order chi connectivity index (χ0) is 8.84. The largest absolute Gasteiger partial charge is 0.289 e. The maximum Gasteiger partial charge on any atom is 0.188 e. The molecule has 3 heteroatoms. The molecule has 0 amide bonds. The highest BCUT2D eigenvalue weighted by Gasteiger charge is 2.15. The van der Waals surface area contributed by atoms with Gasteiger partial charge in [-0.1, -0.05) is 0 Å². The number of nitrogens with zero attached hydrogens (tertiary/aromatic N) is 1. The molecule has 0 atom stereocenters. The molecule has 1 aliphatic rings.